The molecule has 0 bridgehead atoms. The third kappa shape index (κ3) is 7.76. The van der Waals surface area contributed by atoms with Crippen LogP contribution in [0.4, 0.5) is 36.7 Å². The van der Waals surface area contributed by atoms with Crippen molar-refractivity contribution < 1.29 is 37.2 Å². The zero-order valence-electron chi connectivity index (χ0n) is 29.7. The highest BCUT2D eigenvalue weighted by Gasteiger charge is 2.42. The number of anilines is 4. The molecule has 0 aliphatic carbocycles. The number of quaternary nitrogens is 1. The molecular formula is C35H39F2N10O6+. The van der Waals surface area contributed by atoms with Gasteiger partial charge in [0.2, 0.25) is 11.9 Å². The monoisotopic (exact) mass is 733 g/mol. The quantitative estimate of drug-likeness (QED) is 0.122. The first-order valence-electron chi connectivity index (χ1n) is 16.8. The molecule has 3 amide bonds. The van der Waals surface area contributed by atoms with E-state index in [0.717, 1.165) is 11.0 Å². The number of benzene rings is 1. The van der Waals surface area contributed by atoms with Gasteiger partial charge in [0.15, 0.2) is 23.1 Å². The van der Waals surface area contributed by atoms with Crippen LogP contribution < -0.4 is 24.6 Å². The number of rotatable bonds is 12. The fourth-order valence-electron chi connectivity index (χ4n) is 6.62. The number of carbonyl (C=O) groups is 2. The Morgan fingerprint density at radius 3 is 2.45 bits per heavy atom. The van der Waals surface area contributed by atoms with Crippen LogP contribution >= 0.6 is 0 Å². The van der Waals surface area contributed by atoms with Crippen molar-refractivity contribution in [3.05, 3.63) is 87.6 Å². The van der Waals surface area contributed by atoms with Gasteiger partial charge in [-0.2, -0.15) is 4.98 Å². The number of nitrogens with zero attached hydrogens (tertiary/aromatic N) is 9. The maximum atomic E-state index is 15.8. The second kappa shape index (κ2) is 15.3. The van der Waals surface area contributed by atoms with Crippen molar-refractivity contribution in [1.82, 2.24) is 19.9 Å². The van der Waals surface area contributed by atoms with E-state index in [1.165, 1.54) is 37.6 Å². The first kappa shape index (κ1) is 36.7. The molecule has 0 spiro atoms. The van der Waals surface area contributed by atoms with Gasteiger partial charge in [0, 0.05) is 67.5 Å². The molecule has 1 saturated heterocycles. The number of methoxy groups -OCH3 is 2. The van der Waals surface area contributed by atoms with E-state index in [9.17, 15) is 19.7 Å². The standard InChI is InChI=1S/C35H39F2N10O6/c1-47(2,21-22-7-14-39-32(22)46(50)51)17-5-6-28(48)43-15-10-25(11-16-43)45-33-23(19-40-34(42-33)41-24-8-12-38-13-9-24)20-44(35(45)49)31-29(36)26(52-3)18-27(53-4)30(31)37/h5-6,8-9,12-14,18-19,25H,7,10-11,15-17,20-21H2,1-4H3,(H,38,40,41,42)/q+1/b6-5+. The Morgan fingerprint density at radius 2 is 1.81 bits per heavy atom. The summed E-state index contributed by atoms with van der Waals surface area (Å²) in [6.45, 7) is 1.21. The number of piperidine rings is 1. The van der Waals surface area contributed by atoms with Crippen molar-refractivity contribution in [3.8, 4) is 11.5 Å². The number of amides is 3. The van der Waals surface area contributed by atoms with Gasteiger partial charge >= 0.3 is 11.9 Å². The molecule has 6 rings (SSSR count). The van der Waals surface area contributed by atoms with Crippen LogP contribution in [0, 0.1) is 21.7 Å². The van der Waals surface area contributed by atoms with E-state index in [0.29, 0.717) is 66.7 Å². The lowest BCUT2D eigenvalue weighted by molar-refractivity contribution is -0.880. The van der Waals surface area contributed by atoms with Crippen molar-refractivity contribution in [2.24, 2.45) is 4.99 Å². The Kier molecular flexibility index (Phi) is 10.6. The van der Waals surface area contributed by atoms with Crippen LogP contribution in [-0.2, 0) is 11.3 Å². The number of halogens is 2. The minimum Gasteiger partial charge on any atom is -0.493 e. The number of likely N-dealkylation sites (N-methyl/N-ethyl adjacent to an activating group) is 1. The number of pyridine rings is 1. The molecule has 1 fully saturated rings. The molecule has 0 atom stereocenters. The number of ether oxygens (including phenoxy) is 2. The second-order valence-electron chi connectivity index (χ2n) is 13.3. The largest absolute Gasteiger partial charge is 0.493 e. The van der Waals surface area contributed by atoms with E-state index in [-0.39, 0.29) is 41.5 Å². The molecule has 278 valence electrons. The van der Waals surface area contributed by atoms with Crippen molar-refractivity contribution in [2.45, 2.75) is 31.8 Å². The van der Waals surface area contributed by atoms with Gasteiger partial charge in [-0.1, -0.05) is 4.99 Å². The van der Waals surface area contributed by atoms with Crippen molar-refractivity contribution in [2.75, 3.05) is 69.6 Å². The van der Waals surface area contributed by atoms with Crippen LogP contribution in [0.15, 0.2) is 65.3 Å². The lowest BCUT2D eigenvalue weighted by Gasteiger charge is -2.43. The number of nitro groups is 1. The highest BCUT2D eigenvalue weighted by molar-refractivity contribution is 6.06. The molecule has 0 unspecified atom stereocenters. The van der Waals surface area contributed by atoms with Crippen LogP contribution in [0.1, 0.15) is 24.8 Å². The van der Waals surface area contributed by atoms with Crippen molar-refractivity contribution >= 4 is 41.3 Å². The molecule has 0 saturated carbocycles. The number of fused-ring (bicyclic) bond motifs is 1. The zero-order chi connectivity index (χ0) is 37.9. The highest BCUT2D eigenvalue weighted by atomic mass is 19.1. The summed E-state index contributed by atoms with van der Waals surface area (Å²) in [5.74, 6) is -2.60. The number of urea groups is 1. The minimum absolute atomic E-state index is 0.122. The Balaban J connectivity index is 1.22. The molecule has 2 aromatic heterocycles. The fourth-order valence-corrected chi connectivity index (χ4v) is 6.62. The molecule has 1 N–H and O–H groups in total. The number of aromatic nitrogens is 3. The molecule has 53 heavy (non-hydrogen) atoms. The van der Waals surface area contributed by atoms with E-state index < -0.39 is 34.3 Å². The van der Waals surface area contributed by atoms with Crippen molar-refractivity contribution in [3.63, 3.8) is 0 Å². The number of likely N-dealkylation sites (tertiary alicyclic amines) is 1. The van der Waals surface area contributed by atoms with Crippen LogP contribution in [0.2, 0.25) is 0 Å². The smallest absolute Gasteiger partial charge is 0.368 e. The molecule has 18 heteroatoms. The van der Waals surface area contributed by atoms with Gasteiger partial charge in [0.05, 0.1) is 47.0 Å². The van der Waals surface area contributed by atoms with Gasteiger partial charge < -0.3 is 34.3 Å². The normalized spacial score (nSPS) is 16.4. The molecule has 3 aliphatic rings. The van der Waals surface area contributed by atoms with Gasteiger partial charge in [-0.3, -0.25) is 19.6 Å². The molecule has 1 aromatic carbocycles. The fraction of sp³-hybridized carbons (Fsp3) is 0.371. The summed E-state index contributed by atoms with van der Waals surface area (Å²) in [4.78, 5) is 59.5. The Morgan fingerprint density at radius 1 is 1.13 bits per heavy atom. The summed E-state index contributed by atoms with van der Waals surface area (Å²) >= 11 is 0. The first-order chi connectivity index (χ1) is 25.4. The summed E-state index contributed by atoms with van der Waals surface area (Å²) in [6.07, 6.45) is 10.6. The summed E-state index contributed by atoms with van der Waals surface area (Å²) in [5, 5.41) is 14.4. The number of carbonyl (C=O) groups excluding carboxylic acids is 2. The third-order valence-electron chi connectivity index (χ3n) is 9.25. The SMILES string of the molecule is COc1cc(OC)c(F)c(N2Cc3cnc(Nc4ccncc4)nc3N(C3CCN(C(=O)/C=C/C[N+](C)(C)CC4=C([N+](=O)[O-])N=CC4)CC3)C2=O)c1F. The van der Waals surface area contributed by atoms with E-state index in [4.69, 9.17) is 9.47 Å². The third-order valence-corrected chi connectivity index (χ3v) is 9.25. The number of nitrogens with one attached hydrogen (secondary N) is 1. The predicted molar refractivity (Wildman–Crippen MR) is 191 cm³/mol. The van der Waals surface area contributed by atoms with E-state index in [1.54, 1.807) is 35.5 Å². The zero-order valence-corrected chi connectivity index (χ0v) is 29.7. The van der Waals surface area contributed by atoms with Gasteiger partial charge in [-0.05, 0) is 36.0 Å². The van der Waals surface area contributed by atoms with Crippen molar-refractivity contribution in [1.29, 1.82) is 0 Å². The number of hydrogen-bond donors (Lipinski definition) is 1. The predicted octanol–water partition coefficient (Wildman–Crippen LogP) is 4.44. The molecule has 16 nitrogen and oxygen atoms in total. The molecule has 5 heterocycles. The van der Waals surface area contributed by atoms with Crippen LogP contribution in [0.25, 0.3) is 0 Å². The Bertz CT molecular complexity index is 1970. The lowest BCUT2D eigenvalue weighted by atomic mass is 10.0. The lowest BCUT2D eigenvalue weighted by Crippen LogP contribution is -2.56. The summed E-state index contributed by atoms with van der Waals surface area (Å²) in [6, 6.07) is 3.32. The average molecular weight is 734 g/mol. The average Bonchev–Trinajstić information content (AvgIpc) is 3.60. The molecule has 3 aromatic rings. The Labute approximate surface area is 303 Å². The van der Waals surface area contributed by atoms with Crippen LogP contribution in [0.5, 0.6) is 11.5 Å². The van der Waals surface area contributed by atoms with Gasteiger partial charge in [-0.15, -0.1) is 0 Å². The maximum absolute atomic E-state index is 15.8. The molecular weight excluding hydrogens is 694 g/mol. The van der Waals surface area contributed by atoms with Gasteiger partial charge in [0.1, 0.15) is 24.3 Å². The number of aliphatic imine (C=N–C) groups is 1. The van der Waals surface area contributed by atoms with Gasteiger partial charge in [-0.25, -0.2) is 18.6 Å². The van der Waals surface area contributed by atoms with E-state index in [2.05, 4.69) is 25.3 Å². The topological polar surface area (TPSA) is 169 Å². The molecule has 3 aliphatic heterocycles. The number of hydrogen-bond acceptors (Lipinski definition) is 11. The van der Waals surface area contributed by atoms with E-state index in [1.807, 2.05) is 14.1 Å². The van der Waals surface area contributed by atoms with E-state index >= 15 is 8.78 Å². The Hall–Kier alpha value is -6.04. The highest BCUT2D eigenvalue weighted by Crippen LogP contribution is 2.41. The minimum atomic E-state index is -1.07. The first-order valence-corrected chi connectivity index (χ1v) is 16.8. The molecule has 0 radical (unpaired) electrons. The maximum Gasteiger partial charge on any atom is 0.368 e. The second-order valence-corrected chi connectivity index (χ2v) is 13.3. The van der Waals surface area contributed by atoms with Crippen LogP contribution in [-0.4, -0.2) is 108 Å². The van der Waals surface area contributed by atoms with Crippen LogP contribution in [0.3, 0.4) is 0 Å². The summed E-state index contributed by atoms with van der Waals surface area (Å²) in [5.41, 5.74) is 1.11. The van der Waals surface area contributed by atoms with Gasteiger partial charge in [0.25, 0.3) is 0 Å². The summed E-state index contributed by atoms with van der Waals surface area (Å²) in [7, 11) is 6.29. The summed E-state index contributed by atoms with van der Waals surface area (Å²) < 4.78 is 42.2.